The quantitative estimate of drug-likeness (QED) is 0.467. The predicted molar refractivity (Wildman–Crippen MR) is 73.9 cm³/mol. The van der Waals surface area contributed by atoms with Crippen LogP contribution < -0.4 is 4.74 Å². The molecule has 0 unspecified atom stereocenters. The zero-order valence-electron chi connectivity index (χ0n) is 11.4. The summed E-state index contributed by atoms with van der Waals surface area (Å²) >= 11 is 0. The van der Waals surface area contributed by atoms with Gasteiger partial charge in [-0.1, -0.05) is 12.1 Å². The molecule has 4 heteroatoms. The van der Waals surface area contributed by atoms with E-state index in [1.807, 2.05) is 24.3 Å². The number of carbonyl (C=O) groups excluding carboxylic acids is 1. The number of esters is 1. The van der Waals surface area contributed by atoms with E-state index in [9.17, 15) is 4.79 Å². The van der Waals surface area contributed by atoms with Crippen molar-refractivity contribution in [2.75, 3.05) is 20.3 Å². The molecule has 0 saturated carbocycles. The summed E-state index contributed by atoms with van der Waals surface area (Å²) in [6.07, 6.45) is 3.35. The van der Waals surface area contributed by atoms with Crippen LogP contribution in [-0.4, -0.2) is 31.4 Å². The van der Waals surface area contributed by atoms with Crippen molar-refractivity contribution in [1.29, 1.82) is 0 Å². The van der Waals surface area contributed by atoms with E-state index < -0.39 is 0 Å². The SMILES string of the molecule is COC(=O)C(C)=Cc1ccc(OCCCCO)cc1. The highest BCUT2D eigenvalue weighted by Crippen LogP contribution is 2.15. The lowest BCUT2D eigenvalue weighted by Gasteiger charge is -2.06. The summed E-state index contributed by atoms with van der Waals surface area (Å²) in [6, 6.07) is 7.48. The Balaban J connectivity index is 2.54. The van der Waals surface area contributed by atoms with Gasteiger partial charge in [-0.3, -0.25) is 0 Å². The normalized spacial score (nSPS) is 11.2. The highest BCUT2D eigenvalue weighted by Gasteiger charge is 2.02. The molecule has 1 aromatic rings. The summed E-state index contributed by atoms with van der Waals surface area (Å²) in [6.45, 7) is 2.50. The third-order valence-electron chi connectivity index (χ3n) is 2.59. The van der Waals surface area contributed by atoms with E-state index in [2.05, 4.69) is 4.74 Å². The summed E-state index contributed by atoms with van der Waals surface area (Å²) in [4.78, 5) is 11.3. The van der Waals surface area contributed by atoms with E-state index in [1.54, 1.807) is 13.0 Å². The van der Waals surface area contributed by atoms with Gasteiger partial charge in [0, 0.05) is 12.2 Å². The Morgan fingerprint density at radius 2 is 1.95 bits per heavy atom. The summed E-state index contributed by atoms with van der Waals surface area (Å²) in [5.74, 6) is 0.454. The zero-order valence-corrected chi connectivity index (χ0v) is 11.4. The number of benzene rings is 1. The minimum Gasteiger partial charge on any atom is -0.494 e. The first-order valence-electron chi connectivity index (χ1n) is 6.27. The number of unbranched alkanes of at least 4 members (excludes halogenated alkanes) is 1. The molecular weight excluding hydrogens is 244 g/mol. The van der Waals surface area contributed by atoms with Crippen molar-refractivity contribution in [3.8, 4) is 5.75 Å². The van der Waals surface area contributed by atoms with Gasteiger partial charge in [0.05, 0.1) is 13.7 Å². The number of hydrogen-bond acceptors (Lipinski definition) is 4. The van der Waals surface area contributed by atoms with Crippen LogP contribution >= 0.6 is 0 Å². The minimum absolute atomic E-state index is 0.194. The van der Waals surface area contributed by atoms with Gasteiger partial charge >= 0.3 is 5.97 Å². The number of aliphatic hydroxyl groups is 1. The molecule has 0 amide bonds. The van der Waals surface area contributed by atoms with Crippen molar-refractivity contribution >= 4 is 12.0 Å². The van der Waals surface area contributed by atoms with Gasteiger partial charge in [0.2, 0.25) is 0 Å². The standard InChI is InChI=1S/C15H20O4/c1-12(15(17)18-2)11-13-5-7-14(8-6-13)19-10-4-3-9-16/h5-8,11,16H,3-4,9-10H2,1-2H3. The molecular formula is C15H20O4. The second-order valence-corrected chi connectivity index (χ2v) is 4.17. The Morgan fingerprint density at radius 1 is 1.26 bits per heavy atom. The van der Waals surface area contributed by atoms with E-state index in [1.165, 1.54) is 7.11 Å². The molecule has 0 atom stereocenters. The average Bonchev–Trinajstić information content (AvgIpc) is 2.44. The molecule has 0 aliphatic rings. The van der Waals surface area contributed by atoms with Gasteiger partial charge in [-0.25, -0.2) is 4.79 Å². The van der Waals surface area contributed by atoms with Crippen molar-refractivity contribution in [3.63, 3.8) is 0 Å². The Labute approximate surface area is 113 Å². The maximum absolute atomic E-state index is 11.3. The van der Waals surface area contributed by atoms with Gasteiger partial charge in [0.15, 0.2) is 0 Å². The van der Waals surface area contributed by atoms with Gasteiger partial charge in [-0.05, 0) is 43.5 Å². The first kappa shape index (κ1) is 15.2. The van der Waals surface area contributed by atoms with Crippen LogP contribution in [0.3, 0.4) is 0 Å². The largest absolute Gasteiger partial charge is 0.494 e. The van der Waals surface area contributed by atoms with Gasteiger partial charge < -0.3 is 14.6 Å². The van der Waals surface area contributed by atoms with Crippen molar-refractivity contribution in [3.05, 3.63) is 35.4 Å². The molecule has 1 N–H and O–H groups in total. The number of hydrogen-bond donors (Lipinski definition) is 1. The Bertz CT molecular complexity index is 420. The smallest absolute Gasteiger partial charge is 0.333 e. The molecule has 0 aliphatic heterocycles. The number of carbonyl (C=O) groups is 1. The molecule has 0 radical (unpaired) electrons. The lowest BCUT2D eigenvalue weighted by molar-refractivity contribution is -0.135. The lowest BCUT2D eigenvalue weighted by atomic mass is 10.1. The van der Waals surface area contributed by atoms with Gasteiger partial charge in [-0.15, -0.1) is 0 Å². The van der Waals surface area contributed by atoms with Gasteiger partial charge in [0.25, 0.3) is 0 Å². The summed E-state index contributed by atoms with van der Waals surface area (Å²) in [5, 5.41) is 8.65. The third kappa shape index (κ3) is 5.57. The first-order valence-corrected chi connectivity index (χ1v) is 6.27. The highest BCUT2D eigenvalue weighted by molar-refractivity contribution is 5.92. The molecule has 1 aromatic carbocycles. The molecule has 1 rings (SSSR count). The first-order chi connectivity index (χ1) is 9.17. The second kappa shape index (κ2) is 8.32. The van der Waals surface area contributed by atoms with Crippen LogP contribution in [-0.2, 0) is 9.53 Å². The summed E-state index contributed by atoms with van der Waals surface area (Å²) in [5.41, 5.74) is 1.48. The molecule has 0 fully saturated rings. The molecule has 0 saturated heterocycles. The van der Waals surface area contributed by atoms with Crippen LogP contribution in [0.15, 0.2) is 29.8 Å². The number of ether oxygens (including phenoxy) is 2. The van der Waals surface area contributed by atoms with Crippen LogP contribution in [0.1, 0.15) is 25.3 Å². The molecule has 104 valence electrons. The van der Waals surface area contributed by atoms with Crippen LogP contribution in [0.2, 0.25) is 0 Å². The van der Waals surface area contributed by atoms with Crippen molar-refractivity contribution in [2.45, 2.75) is 19.8 Å². The monoisotopic (exact) mass is 264 g/mol. The van der Waals surface area contributed by atoms with E-state index in [-0.39, 0.29) is 12.6 Å². The summed E-state index contributed by atoms with van der Waals surface area (Å²) < 4.78 is 10.1. The van der Waals surface area contributed by atoms with E-state index >= 15 is 0 Å². The molecule has 4 nitrogen and oxygen atoms in total. The maximum atomic E-state index is 11.3. The Kier molecular flexibility index (Phi) is 6.68. The Morgan fingerprint density at radius 3 is 2.53 bits per heavy atom. The number of aliphatic hydroxyl groups excluding tert-OH is 1. The lowest BCUT2D eigenvalue weighted by Crippen LogP contribution is -2.01. The highest BCUT2D eigenvalue weighted by atomic mass is 16.5. The second-order valence-electron chi connectivity index (χ2n) is 4.17. The molecule has 0 bridgehead atoms. The third-order valence-corrected chi connectivity index (χ3v) is 2.59. The van der Waals surface area contributed by atoms with Crippen molar-refractivity contribution in [1.82, 2.24) is 0 Å². The van der Waals surface area contributed by atoms with Gasteiger partial charge in [0.1, 0.15) is 5.75 Å². The number of rotatable bonds is 7. The Hall–Kier alpha value is -1.81. The average molecular weight is 264 g/mol. The van der Waals surface area contributed by atoms with Crippen molar-refractivity contribution < 1.29 is 19.4 Å². The molecule has 0 spiro atoms. The van der Waals surface area contributed by atoms with Crippen LogP contribution in [0, 0.1) is 0 Å². The fraction of sp³-hybridized carbons (Fsp3) is 0.400. The molecule has 19 heavy (non-hydrogen) atoms. The van der Waals surface area contributed by atoms with Gasteiger partial charge in [-0.2, -0.15) is 0 Å². The van der Waals surface area contributed by atoms with E-state index in [0.717, 1.165) is 24.2 Å². The van der Waals surface area contributed by atoms with Crippen LogP contribution in [0.4, 0.5) is 0 Å². The summed E-state index contributed by atoms with van der Waals surface area (Å²) in [7, 11) is 1.36. The topological polar surface area (TPSA) is 55.8 Å². The maximum Gasteiger partial charge on any atom is 0.333 e. The van der Waals surface area contributed by atoms with E-state index in [0.29, 0.717) is 12.2 Å². The van der Waals surface area contributed by atoms with Crippen molar-refractivity contribution in [2.24, 2.45) is 0 Å². The van der Waals surface area contributed by atoms with E-state index in [4.69, 9.17) is 9.84 Å². The number of methoxy groups -OCH3 is 1. The minimum atomic E-state index is -0.329. The molecule has 0 heterocycles. The zero-order chi connectivity index (χ0) is 14.1. The predicted octanol–water partition coefficient (Wildman–Crippen LogP) is 2.41. The molecule has 0 aliphatic carbocycles. The fourth-order valence-corrected chi connectivity index (χ4v) is 1.53. The van der Waals surface area contributed by atoms with Crippen LogP contribution in [0.5, 0.6) is 5.75 Å². The van der Waals surface area contributed by atoms with Crippen LogP contribution in [0.25, 0.3) is 6.08 Å². The molecule has 0 aromatic heterocycles. The fourth-order valence-electron chi connectivity index (χ4n) is 1.53.